The maximum absolute atomic E-state index is 12.6. The highest BCUT2D eigenvalue weighted by atomic mass is 16.5. The zero-order valence-electron chi connectivity index (χ0n) is 14.1. The molecule has 0 unspecified atom stereocenters. The van der Waals surface area contributed by atoms with Crippen LogP contribution in [-0.4, -0.2) is 9.13 Å². The molecule has 2 aromatic carbocycles. The van der Waals surface area contributed by atoms with E-state index in [2.05, 4.69) is 0 Å². The van der Waals surface area contributed by atoms with Crippen molar-refractivity contribution in [3.05, 3.63) is 104 Å². The van der Waals surface area contributed by atoms with E-state index >= 15 is 0 Å². The zero-order chi connectivity index (χ0) is 17.6. The lowest BCUT2D eigenvalue weighted by molar-refractivity contribution is 0.0597. The summed E-state index contributed by atoms with van der Waals surface area (Å²) < 4.78 is 8.31. The Hall–Kier alpha value is -2.92. The van der Waals surface area contributed by atoms with Crippen LogP contribution < -0.4 is 11.2 Å². The molecule has 0 aliphatic rings. The van der Waals surface area contributed by atoms with E-state index in [9.17, 15) is 9.59 Å². The van der Waals surface area contributed by atoms with Gasteiger partial charge in [0, 0.05) is 11.8 Å². The maximum atomic E-state index is 12.6. The summed E-state index contributed by atoms with van der Waals surface area (Å²) in [5.74, 6) is 0. The molecule has 1 aromatic heterocycles. The van der Waals surface area contributed by atoms with Crippen LogP contribution in [0.5, 0.6) is 0 Å². The predicted octanol–water partition coefficient (Wildman–Crippen LogP) is 2.54. The van der Waals surface area contributed by atoms with Crippen LogP contribution in [-0.2, 0) is 24.6 Å². The Kier molecular flexibility index (Phi) is 5.26. The summed E-state index contributed by atoms with van der Waals surface area (Å²) in [5, 5.41) is 0. The summed E-state index contributed by atoms with van der Waals surface area (Å²) >= 11 is 0. The first-order valence-electron chi connectivity index (χ1n) is 8.11. The van der Waals surface area contributed by atoms with Gasteiger partial charge < -0.3 is 4.74 Å². The van der Waals surface area contributed by atoms with Crippen molar-refractivity contribution in [2.45, 2.75) is 26.8 Å². The molecule has 5 nitrogen and oxygen atoms in total. The van der Waals surface area contributed by atoms with Crippen molar-refractivity contribution in [3.8, 4) is 0 Å². The number of benzene rings is 2. The molecule has 3 rings (SSSR count). The van der Waals surface area contributed by atoms with E-state index in [4.69, 9.17) is 4.74 Å². The smallest absolute Gasteiger partial charge is 0.333 e. The molecule has 5 heteroatoms. The van der Waals surface area contributed by atoms with Crippen LogP contribution in [0.15, 0.2) is 76.4 Å². The van der Waals surface area contributed by atoms with Gasteiger partial charge in [0.1, 0.15) is 6.73 Å². The first-order chi connectivity index (χ1) is 12.1. The molecule has 0 radical (unpaired) electrons. The van der Waals surface area contributed by atoms with Crippen LogP contribution in [0.1, 0.15) is 16.7 Å². The minimum atomic E-state index is -0.368. The van der Waals surface area contributed by atoms with Gasteiger partial charge in [-0.1, -0.05) is 60.7 Å². The number of hydrogen-bond donors (Lipinski definition) is 0. The average molecular weight is 336 g/mol. The quantitative estimate of drug-likeness (QED) is 0.695. The molecule has 0 bridgehead atoms. The lowest BCUT2D eigenvalue weighted by atomic mass is 10.2. The van der Waals surface area contributed by atoms with E-state index in [-0.39, 0.29) is 24.5 Å². The van der Waals surface area contributed by atoms with Crippen LogP contribution in [0.2, 0.25) is 0 Å². The zero-order valence-corrected chi connectivity index (χ0v) is 14.1. The van der Waals surface area contributed by atoms with Crippen molar-refractivity contribution >= 4 is 0 Å². The highest BCUT2D eigenvalue weighted by Crippen LogP contribution is 2.02. The van der Waals surface area contributed by atoms with Crippen LogP contribution >= 0.6 is 0 Å². The Morgan fingerprint density at radius 1 is 0.880 bits per heavy atom. The van der Waals surface area contributed by atoms with Gasteiger partial charge >= 0.3 is 5.69 Å². The van der Waals surface area contributed by atoms with Crippen LogP contribution in [0.4, 0.5) is 0 Å². The Morgan fingerprint density at radius 2 is 1.48 bits per heavy atom. The molecule has 3 aromatic rings. The Bertz CT molecular complexity index is 944. The highest BCUT2D eigenvalue weighted by Gasteiger charge is 2.09. The molecule has 0 aliphatic carbocycles. The first kappa shape index (κ1) is 16.9. The van der Waals surface area contributed by atoms with Gasteiger partial charge in [0.25, 0.3) is 5.56 Å². The van der Waals surface area contributed by atoms with Gasteiger partial charge in [-0.2, -0.15) is 0 Å². The first-order valence-corrected chi connectivity index (χ1v) is 8.11. The summed E-state index contributed by atoms with van der Waals surface area (Å²) in [6.07, 6.45) is 1.55. The molecule has 25 heavy (non-hydrogen) atoms. The highest BCUT2D eigenvalue weighted by molar-refractivity contribution is 5.16. The standard InChI is InChI=1S/C20H20N2O3/c1-16-12-21(15-25-14-18-10-6-3-7-11-18)20(24)22(19(16)23)13-17-8-4-2-5-9-17/h2-12H,13-15H2,1H3. The normalized spacial score (nSPS) is 10.8. The van der Waals surface area contributed by atoms with E-state index in [1.54, 1.807) is 13.1 Å². The van der Waals surface area contributed by atoms with E-state index in [0.717, 1.165) is 11.1 Å². The second kappa shape index (κ2) is 7.77. The third kappa shape index (κ3) is 4.14. The molecular formula is C20H20N2O3. The fourth-order valence-corrected chi connectivity index (χ4v) is 2.63. The molecule has 0 saturated carbocycles. The molecule has 0 fully saturated rings. The minimum absolute atomic E-state index is 0.101. The molecule has 0 atom stereocenters. The monoisotopic (exact) mass is 336 g/mol. The summed E-state index contributed by atoms with van der Waals surface area (Å²) in [7, 11) is 0. The van der Waals surface area contributed by atoms with Crippen molar-refractivity contribution < 1.29 is 4.74 Å². The molecule has 1 heterocycles. The molecule has 0 aliphatic heterocycles. The predicted molar refractivity (Wildman–Crippen MR) is 96.5 cm³/mol. The van der Waals surface area contributed by atoms with E-state index in [1.807, 2.05) is 60.7 Å². The number of aromatic nitrogens is 2. The summed E-state index contributed by atoms with van der Waals surface area (Å²) in [6.45, 7) is 2.46. The van der Waals surface area contributed by atoms with Gasteiger partial charge in [0.05, 0.1) is 13.2 Å². The molecular weight excluding hydrogens is 316 g/mol. The van der Waals surface area contributed by atoms with Gasteiger partial charge in [-0.25, -0.2) is 4.79 Å². The second-order valence-corrected chi connectivity index (χ2v) is 5.90. The minimum Gasteiger partial charge on any atom is -0.356 e. The lowest BCUT2D eigenvalue weighted by Gasteiger charge is -2.12. The van der Waals surface area contributed by atoms with Gasteiger partial charge in [-0.15, -0.1) is 0 Å². The molecule has 128 valence electrons. The number of rotatable bonds is 6. The third-order valence-electron chi connectivity index (χ3n) is 3.93. The van der Waals surface area contributed by atoms with Crippen LogP contribution in [0.25, 0.3) is 0 Å². The van der Waals surface area contributed by atoms with E-state index in [0.29, 0.717) is 12.2 Å². The van der Waals surface area contributed by atoms with Gasteiger partial charge in [0.2, 0.25) is 0 Å². The Morgan fingerprint density at radius 3 is 2.12 bits per heavy atom. The number of nitrogens with zero attached hydrogens (tertiary/aromatic N) is 2. The molecule has 0 saturated heterocycles. The molecule has 0 amide bonds. The topological polar surface area (TPSA) is 53.2 Å². The number of hydrogen-bond acceptors (Lipinski definition) is 3. The van der Waals surface area contributed by atoms with Crippen molar-refractivity contribution in [1.29, 1.82) is 0 Å². The fourth-order valence-electron chi connectivity index (χ4n) is 2.63. The van der Waals surface area contributed by atoms with Crippen molar-refractivity contribution in [2.24, 2.45) is 0 Å². The Labute approximate surface area is 145 Å². The van der Waals surface area contributed by atoms with Crippen molar-refractivity contribution in [3.63, 3.8) is 0 Å². The van der Waals surface area contributed by atoms with Crippen LogP contribution in [0.3, 0.4) is 0 Å². The summed E-state index contributed by atoms with van der Waals surface area (Å²) in [4.78, 5) is 25.0. The van der Waals surface area contributed by atoms with Crippen molar-refractivity contribution in [1.82, 2.24) is 9.13 Å². The maximum Gasteiger partial charge on any atom is 0.333 e. The molecule has 0 N–H and O–H groups in total. The lowest BCUT2D eigenvalue weighted by Crippen LogP contribution is -2.41. The Balaban J connectivity index is 1.80. The second-order valence-electron chi connectivity index (χ2n) is 5.90. The number of ether oxygens (including phenoxy) is 1. The van der Waals surface area contributed by atoms with Gasteiger partial charge in [-0.3, -0.25) is 13.9 Å². The van der Waals surface area contributed by atoms with Crippen LogP contribution in [0, 0.1) is 6.92 Å². The summed E-state index contributed by atoms with van der Waals surface area (Å²) in [5.41, 5.74) is 1.81. The fraction of sp³-hybridized carbons (Fsp3) is 0.200. The van der Waals surface area contributed by atoms with Gasteiger partial charge in [-0.05, 0) is 18.1 Å². The summed E-state index contributed by atoms with van der Waals surface area (Å²) in [6, 6.07) is 19.2. The largest absolute Gasteiger partial charge is 0.356 e. The number of aryl methyl sites for hydroxylation is 1. The molecule has 0 spiro atoms. The average Bonchev–Trinajstić information content (AvgIpc) is 2.65. The van der Waals surface area contributed by atoms with E-state index < -0.39 is 0 Å². The van der Waals surface area contributed by atoms with Crippen molar-refractivity contribution in [2.75, 3.05) is 0 Å². The van der Waals surface area contributed by atoms with Gasteiger partial charge in [0.15, 0.2) is 0 Å². The van der Waals surface area contributed by atoms with E-state index in [1.165, 1.54) is 9.13 Å². The SMILES string of the molecule is Cc1cn(COCc2ccccc2)c(=O)n(Cc2ccccc2)c1=O. The third-order valence-corrected chi connectivity index (χ3v) is 3.93.